The zero-order valence-corrected chi connectivity index (χ0v) is 18.8. The Kier molecular flexibility index (Phi) is 5.10. The zero-order valence-electron chi connectivity index (χ0n) is 18.8. The number of ether oxygens (including phenoxy) is 2. The third kappa shape index (κ3) is 3.71. The van der Waals surface area contributed by atoms with E-state index in [4.69, 9.17) is 14.6 Å². The minimum atomic E-state index is -0.131. The van der Waals surface area contributed by atoms with E-state index in [1.807, 2.05) is 19.1 Å². The fourth-order valence-corrected chi connectivity index (χ4v) is 4.16. The summed E-state index contributed by atoms with van der Waals surface area (Å²) in [5.41, 5.74) is 9.03. The fraction of sp³-hybridized carbons (Fsp3) is 0.222. The summed E-state index contributed by atoms with van der Waals surface area (Å²) in [6.45, 7) is 6.71. The van der Waals surface area contributed by atoms with Gasteiger partial charge in [0.05, 0.1) is 18.5 Å². The highest BCUT2D eigenvalue weighted by Crippen LogP contribution is 2.40. The van der Waals surface area contributed by atoms with Gasteiger partial charge in [-0.25, -0.2) is 4.68 Å². The standard InChI is InChI=1S/C27H27N3O2/c1-17-5-8-20(9-6-17)16-32-25-12-10-21(15-26(25)31-4)27-28-23-11-7-18(2)13-22(23)24-14-19(3)29-30(24)27/h5-15,27-28H,16H2,1-4H3. The second-order valence-corrected chi connectivity index (χ2v) is 8.40. The predicted octanol–water partition coefficient (Wildman–Crippen LogP) is 6.04. The molecule has 5 heteroatoms. The van der Waals surface area contributed by atoms with Gasteiger partial charge in [-0.1, -0.05) is 47.5 Å². The zero-order chi connectivity index (χ0) is 22.2. The SMILES string of the molecule is COc1cc(C2Nc3ccc(C)cc3-c3cc(C)nn32)ccc1OCc1ccc(C)cc1. The van der Waals surface area contributed by atoms with Crippen LogP contribution in [0.4, 0.5) is 5.69 Å². The number of anilines is 1. The van der Waals surface area contributed by atoms with Gasteiger partial charge in [-0.15, -0.1) is 0 Å². The van der Waals surface area contributed by atoms with Gasteiger partial charge in [0.15, 0.2) is 11.5 Å². The molecule has 5 rings (SSSR count). The lowest BCUT2D eigenvalue weighted by atomic mass is 10.0. The van der Waals surface area contributed by atoms with Crippen molar-refractivity contribution in [3.63, 3.8) is 0 Å². The molecule has 0 spiro atoms. The van der Waals surface area contributed by atoms with Gasteiger partial charge in [-0.2, -0.15) is 5.10 Å². The highest BCUT2D eigenvalue weighted by molar-refractivity contribution is 5.79. The van der Waals surface area contributed by atoms with Gasteiger partial charge in [-0.3, -0.25) is 0 Å². The first-order valence-electron chi connectivity index (χ1n) is 10.8. The number of rotatable bonds is 5. The van der Waals surface area contributed by atoms with Gasteiger partial charge in [-0.05, 0) is 56.7 Å². The molecule has 1 aliphatic rings. The van der Waals surface area contributed by atoms with Crippen LogP contribution in [0.3, 0.4) is 0 Å². The van der Waals surface area contributed by atoms with Gasteiger partial charge in [0.25, 0.3) is 0 Å². The molecule has 0 amide bonds. The lowest BCUT2D eigenvalue weighted by molar-refractivity contribution is 0.284. The second kappa shape index (κ2) is 8.08. The average Bonchev–Trinajstić information content (AvgIpc) is 3.20. The molecular formula is C27H27N3O2. The van der Waals surface area contributed by atoms with E-state index in [0.29, 0.717) is 12.4 Å². The number of aryl methyl sites for hydroxylation is 3. The molecule has 0 fully saturated rings. The summed E-state index contributed by atoms with van der Waals surface area (Å²) < 4.78 is 13.8. The number of benzene rings is 3. The smallest absolute Gasteiger partial charge is 0.161 e. The average molecular weight is 426 g/mol. The van der Waals surface area contributed by atoms with E-state index in [-0.39, 0.29) is 6.17 Å². The molecule has 1 aliphatic heterocycles. The fourth-order valence-electron chi connectivity index (χ4n) is 4.16. The first-order chi connectivity index (χ1) is 15.5. The van der Waals surface area contributed by atoms with E-state index in [1.54, 1.807) is 7.11 Å². The molecule has 4 aromatic rings. The van der Waals surface area contributed by atoms with Crippen LogP contribution < -0.4 is 14.8 Å². The largest absolute Gasteiger partial charge is 0.493 e. The molecule has 3 aromatic carbocycles. The number of hydrogen-bond acceptors (Lipinski definition) is 4. The first kappa shape index (κ1) is 20.2. The molecule has 0 saturated heterocycles. The van der Waals surface area contributed by atoms with Crippen LogP contribution >= 0.6 is 0 Å². The topological polar surface area (TPSA) is 48.3 Å². The molecule has 2 heterocycles. The van der Waals surface area contributed by atoms with Crippen LogP contribution in [0.5, 0.6) is 11.5 Å². The van der Waals surface area contributed by atoms with Crippen LogP contribution in [0.1, 0.15) is 34.1 Å². The van der Waals surface area contributed by atoms with Crippen molar-refractivity contribution in [3.05, 3.63) is 94.7 Å². The Bertz CT molecular complexity index is 1270. The second-order valence-electron chi connectivity index (χ2n) is 8.40. The molecule has 1 N–H and O–H groups in total. The number of methoxy groups -OCH3 is 1. The van der Waals surface area contributed by atoms with Crippen molar-refractivity contribution in [2.45, 2.75) is 33.5 Å². The molecule has 162 valence electrons. The summed E-state index contributed by atoms with van der Waals surface area (Å²) in [6.07, 6.45) is -0.131. The van der Waals surface area contributed by atoms with Crippen molar-refractivity contribution in [2.75, 3.05) is 12.4 Å². The molecule has 5 nitrogen and oxygen atoms in total. The third-order valence-electron chi connectivity index (χ3n) is 5.86. The Hall–Kier alpha value is -3.73. The quantitative estimate of drug-likeness (QED) is 0.424. The molecule has 0 bridgehead atoms. The van der Waals surface area contributed by atoms with Gasteiger partial charge >= 0.3 is 0 Å². The van der Waals surface area contributed by atoms with Gasteiger partial charge in [0, 0.05) is 16.8 Å². The summed E-state index contributed by atoms with van der Waals surface area (Å²) in [6, 6.07) is 23.1. The summed E-state index contributed by atoms with van der Waals surface area (Å²) in [7, 11) is 1.67. The van der Waals surface area contributed by atoms with E-state index < -0.39 is 0 Å². The number of hydrogen-bond donors (Lipinski definition) is 1. The van der Waals surface area contributed by atoms with Crippen LogP contribution in [0, 0.1) is 20.8 Å². The minimum Gasteiger partial charge on any atom is -0.493 e. The summed E-state index contributed by atoms with van der Waals surface area (Å²) in [5, 5.41) is 8.43. The molecule has 1 aromatic heterocycles. The maximum atomic E-state index is 6.07. The molecule has 0 radical (unpaired) electrons. The van der Waals surface area contributed by atoms with Crippen LogP contribution in [-0.2, 0) is 6.61 Å². The van der Waals surface area contributed by atoms with Crippen molar-refractivity contribution < 1.29 is 9.47 Å². The summed E-state index contributed by atoms with van der Waals surface area (Å²) in [5.74, 6) is 1.43. The number of nitrogens with zero attached hydrogens (tertiary/aromatic N) is 2. The van der Waals surface area contributed by atoms with Crippen LogP contribution in [-0.4, -0.2) is 16.9 Å². The van der Waals surface area contributed by atoms with Gasteiger partial charge in [0.1, 0.15) is 12.8 Å². The van der Waals surface area contributed by atoms with E-state index in [9.17, 15) is 0 Å². The first-order valence-corrected chi connectivity index (χ1v) is 10.8. The van der Waals surface area contributed by atoms with Crippen molar-refractivity contribution in [3.8, 4) is 22.8 Å². The predicted molar refractivity (Wildman–Crippen MR) is 127 cm³/mol. The van der Waals surface area contributed by atoms with Crippen molar-refractivity contribution in [1.29, 1.82) is 0 Å². The highest BCUT2D eigenvalue weighted by atomic mass is 16.5. The lowest BCUT2D eigenvalue weighted by Crippen LogP contribution is -2.25. The molecule has 32 heavy (non-hydrogen) atoms. The molecule has 0 aliphatic carbocycles. The molecule has 1 atom stereocenters. The number of aromatic nitrogens is 2. The van der Waals surface area contributed by atoms with E-state index in [2.05, 4.69) is 78.4 Å². The van der Waals surface area contributed by atoms with Crippen LogP contribution in [0.15, 0.2) is 66.7 Å². The highest BCUT2D eigenvalue weighted by Gasteiger charge is 2.27. The Balaban J connectivity index is 1.46. The maximum Gasteiger partial charge on any atom is 0.161 e. The lowest BCUT2D eigenvalue weighted by Gasteiger charge is -2.30. The Morgan fingerprint density at radius 1 is 0.875 bits per heavy atom. The monoisotopic (exact) mass is 425 g/mol. The van der Waals surface area contributed by atoms with E-state index in [0.717, 1.165) is 34.0 Å². The Morgan fingerprint density at radius 3 is 2.44 bits per heavy atom. The van der Waals surface area contributed by atoms with Crippen molar-refractivity contribution in [1.82, 2.24) is 9.78 Å². The minimum absolute atomic E-state index is 0.131. The Labute approximate surface area is 188 Å². The van der Waals surface area contributed by atoms with Crippen LogP contribution in [0.25, 0.3) is 11.3 Å². The van der Waals surface area contributed by atoms with Crippen molar-refractivity contribution >= 4 is 5.69 Å². The Morgan fingerprint density at radius 2 is 1.66 bits per heavy atom. The van der Waals surface area contributed by atoms with Crippen molar-refractivity contribution in [2.24, 2.45) is 0 Å². The summed E-state index contributed by atoms with van der Waals surface area (Å²) in [4.78, 5) is 0. The summed E-state index contributed by atoms with van der Waals surface area (Å²) >= 11 is 0. The third-order valence-corrected chi connectivity index (χ3v) is 5.86. The van der Waals surface area contributed by atoms with E-state index in [1.165, 1.54) is 16.7 Å². The number of nitrogens with one attached hydrogen (secondary N) is 1. The molecular weight excluding hydrogens is 398 g/mol. The van der Waals surface area contributed by atoms with Gasteiger partial charge in [0.2, 0.25) is 0 Å². The van der Waals surface area contributed by atoms with Crippen LogP contribution in [0.2, 0.25) is 0 Å². The number of fused-ring (bicyclic) bond motifs is 3. The van der Waals surface area contributed by atoms with E-state index >= 15 is 0 Å². The normalized spacial score (nSPS) is 14.3. The molecule has 1 unspecified atom stereocenters. The molecule has 0 saturated carbocycles. The maximum absolute atomic E-state index is 6.07. The van der Waals surface area contributed by atoms with Gasteiger partial charge < -0.3 is 14.8 Å².